The predicted molar refractivity (Wildman–Crippen MR) is 98.6 cm³/mol. The van der Waals surface area contributed by atoms with Crippen LogP contribution in [0.15, 0.2) is 0 Å². The highest BCUT2D eigenvalue weighted by Crippen LogP contribution is 2.20. The summed E-state index contributed by atoms with van der Waals surface area (Å²) in [6.07, 6.45) is 2.10. The maximum absolute atomic E-state index is 5.58. The zero-order valence-corrected chi connectivity index (χ0v) is 16.7. The first-order valence-electron chi connectivity index (χ1n) is 8.38. The molecule has 0 amide bonds. The average molecular weight is 352 g/mol. The Hall–Kier alpha value is 0.150. The Balaban J connectivity index is 3.14. The molecule has 0 bridgehead atoms. The maximum atomic E-state index is 5.58. The molecule has 0 unspecified atom stereocenters. The molecule has 0 aliphatic heterocycles. The van der Waals surface area contributed by atoms with Crippen LogP contribution in [0.2, 0.25) is 0 Å². The summed E-state index contributed by atoms with van der Waals surface area (Å²) in [6, 6.07) is 0. The molecule has 0 aromatic heterocycles. The minimum atomic E-state index is 0.145. The largest absolute Gasteiger partial charge is 0.378 e. The van der Waals surface area contributed by atoms with E-state index in [9.17, 15) is 0 Å². The van der Waals surface area contributed by atoms with Gasteiger partial charge in [0.1, 0.15) is 0 Å². The summed E-state index contributed by atoms with van der Waals surface area (Å²) < 4.78 is 22.1. The van der Waals surface area contributed by atoms with Gasteiger partial charge >= 0.3 is 0 Å². The van der Waals surface area contributed by atoms with Crippen molar-refractivity contribution in [3.8, 4) is 0 Å². The second-order valence-corrected chi connectivity index (χ2v) is 8.54. The number of hydrogen-bond acceptors (Lipinski definition) is 6. The van der Waals surface area contributed by atoms with Crippen molar-refractivity contribution in [2.45, 2.75) is 44.9 Å². The Labute approximate surface area is 147 Å². The fourth-order valence-electron chi connectivity index (χ4n) is 1.53. The first kappa shape index (κ1) is 23.1. The summed E-state index contributed by atoms with van der Waals surface area (Å²) in [5.74, 6) is 0. The number of hydrogen-bond donors (Lipinski definition) is 1. The van der Waals surface area contributed by atoms with E-state index in [1.54, 1.807) is 0 Å². The summed E-state index contributed by atoms with van der Waals surface area (Å²) in [4.78, 5) is 0. The molecule has 0 rings (SSSR count). The monoisotopic (exact) mass is 351 g/mol. The summed E-state index contributed by atoms with van der Waals surface area (Å²) in [6.45, 7) is 16.8. The fourth-order valence-corrected chi connectivity index (χ4v) is 1.74. The van der Waals surface area contributed by atoms with Gasteiger partial charge in [0.2, 0.25) is 0 Å². The van der Waals surface area contributed by atoms with Gasteiger partial charge in [-0.2, -0.15) is 11.8 Å². The van der Waals surface area contributed by atoms with Crippen LogP contribution in [0.4, 0.5) is 0 Å². The molecule has 23 heavy (non-hydrogen) atoms. The van der Waals surface area contributed by atoms with Crippen LogP contribution in [0, 0.1) is 0 Å². The second kappa shape index (κ2) is 13.4. The van der Waals surface area contributed by atoms with Crippen LogP contribution >= 0.6 is 11.8 Å². The predicted octanol–water partition coefficient (Wildman–Crippen LogP) is 2.58. The third-order valence-electron chi connectivity index (χ3n) is 3.02. The highest BCUT2D eigenvalue weighted by molar-refractivity contribution is 7.99. The van der Waals surface area contributed by atoms with E-state index in [-0.39, 0.29) is 10.3 Å². The van der Waals surface area contributed by atoms with Crippen LogP contribution in [-0.2, 0) is 18.9 Å². The second-order valence-electron chi connectivity index (χ2n) is 7.03. The lowest BCUT2D eigenvalue weighted by Gasteiger charge is -2.21. The van der Waals surface area contributed by atoms with Crippen molar-refractivity contribution in [2.24, 2.45) is 0 Å². The van der Waals surface area contributed by atoms with Crippen molar-refractivity contribution in [2.75, 3.05) is 65.7 Å². The van der Waals surface area contributed by atoms with E-state index in [0.29, 0.717) is 46.2 Å². The zero-order valence-electron chi connectivity index (χ0n) is 15.9. The molecule has 5 nitrogen and oxygen atoms in total. The molecule has 0 saturated carbocycles. The number of ether oxygens (including phenoxy) is 4. The van der Waals surface area contributed by atoms with E-state index in [4.69, 9.17) is 18.9 Å². The third-order valence-corrected chi connectivity index (χ3v) is 4.24. The number of thioether (sulfide) groups is 1. The van der Waals surface area contributed by atoms with Crippen LogP contribution in [0.5, 0.6) is 0 Å². The summed E-state index contributed by atoms with van der Waals surface area (Å²) in [5, 5.41) is 3.37. The van der Waals surface area contributed by atoms with Gasteiger partial charge in [0.15, 0.2) is 0 Å². The molecule has 0 aliphatic rings. The molecule has 0 aromatic carbocycles. The van der Waals surface area contributed by atoms with Crippen molar-refractivity contribution in [3.05, 3.63) is 0 Å². The van der Waals surface area contributed by atoms with Crippen molar-refractivity contribution >= 4 is 11.8 Å². The van der Waals surface area contributed by atoms with Gasteiger partial charge in [-0.25, -0.2) is 0 Å². The van der Waals surface area contributed by atoms with E-state index in [1.165, 1.54) is 0 Å². The minimum absolute atomic E-state index is 0.145. The lowest BCUT2D eigenvalue weighted by molar-refractivity contribution is -0.00326. The molecule has 0 atom stereocenters. The van der Waals surface area contributed by atoms with Crippen LogP contribution < -0.4 is 5.32 Å². The van der Waals surface area contributed by atoms with Gasteiger partial charge in [-0.05, 0) is 40.9 Å². The Bertz CT molecular complexity index is 270. The van der Waals surface area contributed by atoms with Crippen LogP contribution in [0.25, 0.3) is 0 Å². The molecule has 0 saturated heterocycles. The van der Waals surface area contributed by atoms with Gasteiger partial charge in [0, 0.05) is 16.8 Å². The van der Waals surface area contributed by atoms with Crippen molar-refractivity contribution in [3.63, 3.8) is 0 Å². The quantitative estimate of drug-likeness (QED) is 0.458. The highest BCUT2D eigenvalue weighted by Gasteiger charge is 2.15. The first-order valence-corrected chi connectivity index (χ1v) is 9.60. The van der Waals surface area contributed by atoms with Crippen molar-refractivity contribution in [1.29, 1.82) is 0 Å². The minimum Gasteiger partial charge on any atom is -0.378 e. The van der Waals surface area contributed by atoms with E-state index in [0.717, 1.165) is 13.2 Å². The van der Waals surface area contributed by atoms with Gasteiger partial charge in [0.25, 0.3) is 0 Å². The Kier molecular flexibility index (Phi) is 13.5. The normalized spacial score (nSPS) is 12.8. The van der Waals surface area contributed by atoms with Gasteiger partial charge in [-0.15, -0.1) is 0 Å². The van der Waals surface area contributed by atoms with E-state index >= 15 is 0 Å². The summed E-state index contributed by atoms with van der Waals surface area (Å²) >= 11 is 1.81. The molecule has 1 N–H and O–H groups in total. The SMILES string of the molecule is CSC(C)(C)COCCOCCOCCOCCNC(C)(C)C. The molecular formula is C17H37NO4S. The summed E-state index contributed by atoms with van der Waals surface area (Å²) in [5.41, 5.74) is 0.145. The Morgan fingerprint density at radius 2 is 1.13 bits per heavy atom. The van der Waals surface area contributed by atoms with Gasteiger partial charge in [-0.3, -0.25) is 0 Å². The topological polar surface area (TPSA) is 49.0 Å². The fraction of sp³-hybridized carbons (Fsp3) is 1.00. The third kappa shape index (κ3) is 18.3. The van der Waals surface area contributed by atoms with E-state index < -0.39 is 0 Å². The maximum Gasteiger partial charge on any atom is 0.0701 e. The van der Waals surface area contributed by atoms with Gasteiger partial charge in [0.05, 0.1) is 52.9 Å². The molecule has 0 aliphatic carbocycles. The molecular weight excluding hydrogens is 314 g/mol. The Morgan fingerprint density at radius 1 is 0.696 bits per heavy atom. The molecule has 0 radical (unpaired) electrons. The van der Waals surface area contributed by atoms with Crippen molar-refractivity contribution in [1.82, 2.24) is 5.32 Å². The van der Waals surface area contributed by atoms with Crippen molar-refractivity contribution < 1.29 is 18.9 Å². The van der Waals surface area contributed by atoms with Crippen LogP contribution in [-0.4, -0.2) is 75.9 Å². The molecule has 0 spiro atoms. The van der Waals surface area contributed by atoms with Gasteiger partial charge in [-0.1, -0.05) is 0 Å². The first-order chi connectivity index (χ1) is 10.8. The zero-order chi connectivity index (χ0) is 17.6. The molecule has 0 aromatic rings. The van der Waals surface area contributed by atoms with Gasteiger partial charge < -0.3 is 24.3 Å². The lowest BCUT2D eigenvalue weighted by atomic mass is 10.1. The molecule has 140 valence electrons. The molecule has 6 heteroatoms. The summed E-state index contributed by atoms with van der Waals surface area (Å²) in [7, 11) is 0. The highest BCUT2D eigenvalue weighted by atomic mass is 32.2. The smallest absolute Gasteiger partial charge is 0.0701 e. The lowest BCUT2D eigenvalue weighted by Crippen LogP contribution is -2.38. The van der Waals surface area contributed by atoms with Crippen LogP contribution in [0.3, 0.4) is 0 Å². The molecule has 0 heterocycles. The van der Waals surface area contributed by atoms with E-state index in [1.807, 2.05) is 11.8 Å². The number of rotatable bonds is 15. The molecule has 0 fully saturated rings. The van der Waals surface area contributed by atoms with E-state index in [2.05, 4.69) is 46.2 Å². The van der Waals surface area contributed by atoms with Crippen LogP contribution in [0.1, 0.15) is 34.6 Å². The average Bonchev–Trinajstić information content (AvgIpc) is 2.46. The standard InChI is InChI=1S/C17H37NO4S/c1-16(2,3)18-7-8-19-9-10-20-11-12-21-13-14-22-15-17(4,5)23-6/h18H,7-15H2,1-6H3. The number of nitrogens with one attached hydrogen (secondary N) is 1. The Morgan fingerprint density at radius 3 is 1.57 bits per heavy atom.